The fourth-order valence-corrected chi connectivity index (χ4v) is 4.65. The number of ketones is 1. The first kappa shape index (κ1) is 20.8. The summed E-state index contributed by atoms with van der Waals surface area (Å²) >= 11 is 0. The summed E-state index contributed by atoms with van der Waals surface area (Å²) in [5.41, 5.74) is 4.52. The largest absolute Gasteiger partial charge is 0.508 e. The zero-order valence-corrected chi connectivity index (χ0v) is 18.3. The summed E-state index contributed by atoms with van der Waals surface area (Å²) in [6, 6.07) is 16.4. The third-order valence-electron chi connectivity index (χ3n) is 6.10. The number of fused-ring (bicyclic) bond motifs is 1. The van der Waals surface area contributed by atoms with Gasteiger partial charge in [0.1, 0.15) is 17.3 Å². The van der Waals surface area contributed by atoms with Crippen molar-refractivity contribution in [1.29, 1.82) is 0 Å². The Morgan fingerprint density at radius 3 is 2.36 bits per heavy atom. The number of ether oxygens (including phenoxy) is 1. The van der Waals surface area contributed by atoms with Gasteiger partial charge < -0.3 is 14.9 Å². The molecule has 3 aromatic rings. The Bertz CT molecular complexity index is 1300. The summed E-state index contributed by atoms with van der Waals surface area (Å²) in [5, 5.41) is 21.1. The van der Waals surface area contributed by atoms with Crippen molar-refractivity contribution < 1.29 is 24.5 Å². The number of aromatic hydroxyl groups is 1. The number of hydrogen-bond acceptors (Lipinski definition) is 5. The van der Waals surface area contributed by atoms with E-state index in [1.807, 2.05) is 32.0 Å². The molecular formula is C27H23NO5. The van der Waals surface area contributed by atoms with Crippen molar-refractivity contribution in [2.24, 2.45) is 0 Å². The number of hydrogen-bond donors (Lipinski definition) is 2. The lowest BCUT2D eigenvalue weighted by atomic mass is 9.94. The van der Waals surface area contributed by atoms with Gasteiger partial charge in [-0.25, -0.2) is 0 Å². The number of amides is 1. The first-order valence-electron chi connectivity index (χ1n) is 10.8. The minimum atomic E-state index is -0.837. The van der Waals surface area contributed by atoms with Crippen LogP contribution in [0.1, 0.15) is 33.9 Å². The van der Waals surface area contributed by atoms with E-state index < -0.39 is 17.7 Å². The number of phenols is 1. The van der Waals surface area contributed by atoms with E-state index in [-0.39, 0.29) is 17.1 Å². The fraction of sp³-hybridized carbons (Fsp3) is 0.185. The number of carbonyl (C=O) groups is 2. The maximum absolute atomic E-state index is 13.3. The maximum Gasteiger partial charge on any atom is 0.300 e. The Morgan fingerprint density at radius 1 is 0.970 bits per heavy atom. The molecule has 33 heavy (non-hydrogen) atoms. The molecule has 6 nitrogen and oxygen atoms in total. The van der Waals surface area contributed by atoms with Crippen LogP contribution in [0.5, 0.6) is 11.5 Å². The van der Waals surface area contributed by atoms with Gasteiger partial charge in [0.25, 0.3) is 11.7 Å². The predicted octanol–water partition coefficient (Wildman–Crippen LogP) is 4.57. The van der Waals surface area contributed by atoms with E-state index in [1.54, 1.807) is 30.3 Å². The Labute approximate surface area is 191 Å². The standard InChI is InChI=1S/C27H23NO5/c1-15-11-16(2)13-20(12-15)28-24(17-3-6-21(29)7-4-17)23(26(31)27(28)32)25(30)19-5-8-22-18(14-19)9-10-33-22/h3-8,11-14,24,29-30H,9-10H2,1-2H3/b25-23-. The van der Waals surface area contributed by atoms with Gasteiger partial charge in [-0.1, -0.05) is 18.2 Å². The van der Waals surface area contributed by atoms with Crippen molar-refractivity contribution in [3.05, 3.63) is 94.1 Å². The van der Waals surface area contributed by atoms with Crippen LogP contribution in [0.25, 0.3) is 5.76 Å². The highest BCUT2D eigenvalue weighted by Crippen LogP contribution is 2.43. The minimum absolute atomic E-state index is 0.0173. The summed E-state index contributed by atoms with van der Waals surface area (Å²) in [7, 11) is 0. The summed E-state index contributed by atoms with van der Waals surface area (Å²) in [6.45, 7) is 4.43. The lowest BCUT2D eigenvalue weighted by Gasteiger charge is -2.26. The molecule has 6 heteroatoms. The average Bonchev–Trinajstić information content (AvgIpc) is 3.35. The van der Waals surface area contributed by atoms with Crippen LogP contribution in [0.4, 0.5) is 5.69 Å². The van der Waals surface area contributed by atoms with Crippen LogP contribution in [0.3, 0.4) is 0 Å². The Kier molecular flexibility index (Phi) is 4.93. The van der Waals surface area contributed by atoms with E-state index in [1.165, 1.54) is 17.0 Å². The molecule has 166 valence electrons. The smallest absolute Gasteiger partial charge is 0.300 e. The van der Waals surface area contributed by atoms with E-state index >= 15 is 0 Å². The number of aryl methyl sites for hydroxylation is 2. The molecule has 1 saturated heterocycles. The summed E-state index contributed by atoms with van der Waals surface area (Å²) in [4.78, 5) is 28.0. The topological polar surface area (TPSA) is 87.1 Å². The van der Waals surface area contributed by atoms with Gasteiger partial charge in [0.15, 0.2) is 0 Å². The lowest BCUT2D eigenvalue weighted by Crippen LogP contribution is -2.29. The monoisotopic (exact) mass is 441 g/mol. The molecule has 1 atom stereocenters. The molecule has 5 rings (SSSR count). The van der Waals surface area contributed by atoms with Crippen LogP contribution in [-0.2, 0) is 16.0 Å². The highest BCUT2D eigenvalue weighted by molar-refractivity contribution is 6.51. The van der Waals surface area contributed by atoms with Gasteiger partial charge >= 0.3 is 0 Å². The molecule has 1 amide bonds. The summed E-state index contributed by atoms with van der Waals surface area (Å²) < 4.78 is 5.55. The second-order valence-electron chi connectivity index (χ2n) is 8.53. The number of Topliss-reactive ketones (excluding diaryl/α,β-unsaturated/α-hetero) is 1. The number of rotatable bonds is 3. The Hall–Kier alpha value is -4.06. The molecule has 0 spiro atoms. The second-order valence-corrected chi connectivity index (χ2v) is 8.53. The molecule has 3 aromatic carbocycles. The fourth-order valence-electron chi connectivity index (χ4n) is 4.65. The molecule has 1 fully saturated rings. The van der Waals surface area contributed by atoms with Crippen molar-refractivity contribution in [3.63, 3.8) is 0 Å². The van der Waals surface area contributed by atoms with E-state index in [0.717, 1.165) is 28.9 Å². The molecule has 0 saturated carbocycles. The van der Waals surface area contributed by atoms with Gasteiger partial charge in [0.05, 0.1) is 18.2 Å². The van der Waals surface area contributed by atoms with E-state index in [4.69, 9.17) is 4.74 Å². The van der Waals surface area contributed by atoms with Crippen molar-refractivity contribution in [1.82, 2.24) is 0 Å². The van der Waals surface area contributed by atoms with Gasteiger partial charge in [0, 0.05) is 17.7 Å². The Balaban J connectivity index is 1.72. The van der Waals surface area contributed by atoms with Crippen LogP contribution < -0.4 is 9.64 Å². The number of anilines is 1. The molecule has 0 aliphatic carbocycles. The molecule has 0 aromatic heterocycles. The number of phenolic OH excluding ortho intramolecular Hbond substituents is 1. The maximum atomic E-state index is 13.3. The van der Waals surface area contributed by atoms with Crippen LogP contribution in [0.15, 0.2) is 66.2 Å². The predicted molar refractivity (Wildman–Crippen MR) is 124 cm³/mol. The van der Waals surface area contributed by atoms with Gasteiger partial charge in [-0.3, -0.25) is 14.5 Å². The first-order chi connectivity index (χ1) is 15.8. The zero-order valence-electron chi connectivity index (χ0n) is 18.3. The van der Waals surface area contributed by atoms with Gasteiger partial charge in [-0.2, -0.15) is 0 Å². The van der Waals surface area contributed by atoms with E-state index in [9.17, 15) is 19.8 Å². The first-order valence-corrected chi connectivity index (χ1v) is 10.8. The average molecular weight is 441 g/mol. The van der Waals surface area contributed by atoms with E-state index in [2.05, 4.69) is 0 Å². The number of carbonyl (C=O) groups excluding carboxylic acids is 2. The number of aliphatic hydroxyl groups is 1. The lowest BCUT2D eigenvalue weighted by molar-refractivity contribution is -0.132. The second kappa shape index (κ2) is 7.81. The molecule has 1 unspecified atom stereocenters. The quantitative estimate of drug-likeness (QED) is 0.353. The molecule has 2 heterocycles. The molecule has 2 aliphatic rings. The van der Waals surface area contributed by atoms with Gasteiger partial charge in [-0.15, -0.1) is 0 Å². The van der Waals surface area contributed by atoms with Crippen LogP contribution >= 0.6 is 0 Å². The summed E-state index contributed by atoms with van der Waals surface area (Å²) in [6.07, 6.45) is 0.717. The number of benzene rings is 3. The minimum Gasteiger partial charge on any atom is -0.508 e. The third kappa shape index (κ3) is 3.53. The molecular weight excluding hydrogens is 418 g/mol. The van der Waals surface area contributed by atoms with Crippen LogP contribution in [0.2, 0.25) is 0 Å². The molecule has 0 radical (unpaired) electrons. The van der Waals surface area contributed by atoms with Crippen molar-refractivity contribution in [3.8, 4) is 11.5 Å². The molecule has 0 bridgehead atoms. The highest BCUT2D eigenvalue weighted by atomic mass is 16.5. The normalized spacial score (nSPS) is 19.0. The van der Waals surface area contributed by atoms with Crippen molar-refractivity contribution in [2.45, 2.75) is 26.3 Å². The molecule has 2 aliphatic heterocycles. The number of aliphatic hydroxyl groups excluding tert-OH is 1. The van der Waals surface area contributed by atoms with Crippen molar-refractivity contribution in [2.75, 3.05) is 11.5 Å². The van der Waals surface area contributed by atoms with E-state index in [0.29, 0.717) is 23.4 Å². The molecule has 2 N–H and O–H groups in total. The van der Waals surface area contributed by atoms with Gasteiger partial charge in [-0.05, 0) is 78.6 Å². The highest BCUT2D eigenvalue weighted by Gasteiger charge is 2.47. The Morgan fingerprint density at radius 2 is 1.67 bits per heavy atom. The van der Waals surface area contributed by atoms with Crippen LogP contribution in [0, 0.1) is 13.8 Å². The van der Waals surface area contributed by atoms with Crippen molar-refractivity contribution >= 4 is 23.1 Å². The summed E-state index contributed by atoms with van der Waals surface area (Å²) in [5.74, 6) is -0.850. The zero-order chi connectivity index (χ0) is 23.3. The SMILES string of the molecule is Cc1cc(C)cc(N2C(=O)C(=O)/C(=C(\O)c3ccc4c(c3)CCO4)C2c2ccc(O)cc2)c1. The third-order valence-corrected chi connectivity index (χ3v) is 6.10. The number of nitrogens with zero attached hydrogens (tertiary/aromatic N) is 1. The van der Waals surface area contributed by atoms with Gasteiger partial charge in [0.2, 0.25) is 0 Å². The van der Waals surface area contributed by atoms with Crippen LogP contribution in [-0.4, -0.2) is 28.5 Å².